The van der Waals surface area contributed by atoms with E-state index < -0.39 is 0 Å². The highest BCUT2D eigenvalue weighted by atomic mass is 16.5. The lowest BCUT2D eigenvalue weighted by Crippen LogP contribution is -2.31. The monoisotopic (exact) mass is 517 g/mol. The number of benzene rings is 3. The van der Waals surface area contributed by atoms with Crippen LogP contribution in [0, 0.1) is 11.8 Å². The molecule has 4 fully saturated rings. The van der Waals surface area contributed by atoms with Crippen LogP contribution in [0.1, 0.15) is 94.6 Å². The molecule has 9 rings (SSSR count). The summed E-state index contributed by atoms with van der Waals surface area (Å²) in [6, 6.07) is 21.4. The molecule has 3 aromatic carbocycles. The van der Waals surface area contributed by atoms with Crippen molar-refractivity contribution in [2.24, 2.45) is 11.8 Å². The molecule has 4 aliphatic rings. The number of hydrogen-bond donors (Lipinski definition) is 0. The Morgan fingerprint density at radius 3 is 2.44 bits per heavy atom. The minimum atomic E-state index is 0.489. The number of ether oxygens (including phenoxy) is 1. The maximum absolute atomic E-state index is 6.72. The highest BCUT2D eigenvalue weighted by Gasteiger charge is 2.48. The van der Waals surface area contributed by atoms with Gasteiger partial charge in [-0.05, 0) is 98.6 Å². The van der Waals surface area contributed by atoms with Gasteiger partial charge in [-0.3, -0.25) is 0 Å². The van der Waals surface area contributed by atoms with Crippen LogP contribution >= 0.6 is 0 Å². The molecule has 3 heterocycles. The van der Waals surface area contributed by atoms with Crippen molar-refractivity contribution in [3.8, 4) is 0 Å². The normalized spacial score (nSPS) is 29.9. The van der Waals surface area contributed by atoms with E-state index in [4.69, 9.17) is 9.15 Å². The summed E-state index contributed by atoms with van der Waals surface area (Å²) >= 11 is 0. The van der Waals surface area contributed by atoms with E-state index in [-0.39, 0.29) is 0 Å². The Morgan fingerprint density at radius 1 is 0.641 bits per heavy atom. The van der Waals surface area contributed by atoms with Crippen LogP contribution in [0.3, 0.4) is 0 Å². The third kappa shape index (κ3) is 3.44. The van der Waals surface area contributed by atoms with E-state index in [9.17, 15) is 0 Å². The van der Waals surface area contributed by atoms with Crippen molar-refractivity contribution in [1.29, 1.82) is 0 Å². The van der Waals surface area contributed by atoms with Crippen molar-refractivity contribution >= 4 is 43.7 Å². The first-order valence-electron chi connectivity index (χ1n) is 15.9. The SMILES string of the molecule is c1ccc2c(c1)c1c3oc4ccc(C5CCCCC5)cc4c3ccc1n2[C@H]1CC[C@H]2OC3CCCCC3C2C1. The molecule has 0 bridgehead atoms. The number of aromatic nitrogens is 1. The van der Waals surface area contributed by atoms with Crippen LogP contribution in [0.5, 0.6) is 0 Å². The lowest BCUT2D eigenvalue weighted by Gasteiger charge is -2.35. The quantitative estimate of drug-likeness (QED) is 0.233. The summed E-state index contributed by atoms with van der Waals surface area (Å²) in [5.74, 6) is 2.20. The molecular formula is C36H39NO2. The van der Waals surface area contributed by atoms with Gasteiger partial charge in [0.05, 0.1) is 23.1 Å². The molecular weight excluding hydrogens is 478 g/mol. The number of rotatable bonds is 2. The lowest BCUT2D eigenvalue weighted by molar-refractivity contribution is 0.00178. The number of para-hydroxylation sites is 1. The Kier molecular flexibility index (Phi) is 5.22. The molecule has 3 aliphatic carbocycles. The Hall–Kier alpha value is -2.78. The molecule has 200 valence electrons. The van der Waals surface area contributed by atoms with Crippen LogP contribution in [-0.4, -0.2) is 16.8 Å². The van der Waals surface area contributed by atoms with E-state index in [1.807, 2.05) is 0 Å². The maximum atomic E-state index is 6.72. The summed E-state index contributed by atoms with van der Waals surface area (Å²) in [5.41, 5.74) is 6.32. The van der Waals surface area contributed by atoms with Crippen molar-refractivity contribution in [2.45, 2.75) is 101 Å². The summed E-state index contributed by atoms with van der Waals surface area (Å²) in [5, 5.41) is 5.21. The predicted octanol–water partition coefficient (Wildman–Crippen LogP) is 10.0. The third-order valence-corrected chi connectivity index (χ3v) is 11.2. The van der Waals surface area contributed by atoms with Gasteiger partial charge in [-0.15, -0.1) is 0 Å². The first-order chi connectivity index (χ1) is 19.3. The molecule has 0 N–H and O–H groups in total. The summed E-state index contributed by atoms with van der Waals surface area (Å²) in [7, 11) is 0. The predicted molar refractivity (Wildman–Crippen MR) is 160 cm³/mol. The molecule has 0 amide bonds. The van der Waals surface area contributed by atoms with Gasteiger partial charge in [-0.1, -0.05) is 56.4 Å². The number of nitrogens with zero attached hydrogens (tertiary/aromatic N) is 1. The molecule has 0 spiro atoms. The fourth-order valence-corrected chi connectivity index (χ4v) is 9.43. The Morgan fingerprint density at radius 2 is 1.49 bits per heavy atom. The summed E-state index contributed by atoms with van der Waals surface area (Å²) in [4.78, 5) is 0. The van der Waals surface area contributed by atoms with E-state index in [2.05, 4.69) is 59.2 Å². The van der Waals surface area contributed by atoms with Crippen LogP contribution < -0.4 is 0 Å². The molecule has 1 saturated heterocycles. The minimum absolute atomic E-state index is 0.489. The van der Waals surface area contributed by atoms with Gasteiger partial charge in [0, 0.05) is 27.7 Å². The van der Waals surface area contributed by atoms with Crippen molar-refractivity contribution < 1.29 is 9.15 Å². The van der Waals surface area contributed by atoms with Gasteiger partial charge < -0.3 is 13.7 Å². The maximum Gasteiger partial charge on any atom is 0.145 e. The molecule has 3 saturated carbocycles. The second kappa shape index (κ2) is 8.86. The average Bonchev–Trinajstić information content (AvgIpc) is 3.66. The van der Waals surface area contributed by atoms with Crippen LogP contribution in [-0.2, 0) is 4.74 Å². The smallest absolute Gasteiger partial charge is 0.145 e. The van der Waals surface area contributed by atoms with Gasteiger partial charge in [-0.2, -0.15) is 0 Å². The van der Waals surface area contributed by atoms with E-state index >= 15 is 0 Å². The molecule has 5 atom stereocenters. The van der Waals surface area contributed by atoms with Gasteiger partial charge in [0.2, 0.25) is 0 Å². The zero-order valence-electron chi connectivity index (χ0n) is 22.9. The van der Waals surface area contributed by atoms with Crippen LogP contribution in [0.25, 0.3) is 43.7 Å². The topological polar surface area (TPSA) is 27.3 Å². The summed E-state index contributed by atoms with van der Waals surface area (Å²) < 4.78 is 16.0. The second-order valence-corrected chi connectivity index (χ2v) is 13.2. The third-order valence-electron chi connectivity index (χ3n) is 11.2. The Labute approximate surface area is 230 Å². The van der Waals surface area contributed by atoms with E-state index in [0.717, 1.165) is 23.0 Å². The summed E-state index contributed by atoms with van der Waals surface area (Å²) in [6.07, 6.45) is 16.9. The molecule has 2 aromatic heterocycles. The standard InChI is InChI=1S/C36H39NO2/c1-2-8-22(9-3-1)23-14-18-34-28(20-23)26-16-17-31-35(36(26)39-34)27-11-4-6-12-30(27)37(31)24-15-19-33-29(21-24)25-10-5-7-13-32(25)38-33/h4,6,11-12,14,16-18,20,22,24-25,29,32-33H,1-3,5,7-10,13,15,19,21H2/t24-,25?,29?,32?,33+/m0/s1. The molecule has 39 heavy (non-hydrogen) atoms. The number of furan rings is 1. The average molecular weight is 518 g/mol. The molecule has 3 nitrogen and oxygen atoms in total. The van der Waals surface area contributed by atoms with E-state index in [1.165, 1.54) is 115 Å². The van der Waals surface area contributed by atoms with Crippen LogP contribution in [0.15, 0.2) is 59.0 Å². The van der Waals surface area contributed by atoms with E-state index in [0.29, 0.717) is 24.2 Å². The minimum Gasteiger partial charge on any atom is -0.455 e. The Bertz CT molecular complexity index is 1700. The fourth-order valence-electron chi connectivity index (χ4n) is 9.43. The number of hydrogen-bond acceptors (Lipinski definition) is 2. The van der Waals surface area contributed by atoms with E-state index in [1.54, 1.807) is 0 Å². The van der Waals surface area contributed by atoms with Crippen molar-refractivity contribution in [3.63, 3.8) is 0 Å². The van der Waals surface area contributed by atoms with Crippen molar-refractivity contribution in [1.82, 2.24) is 4.57 Å². The van der Waals surface area contributed by atoms with Gasteiger partial charge in [0.15, 0.2) is 0 Å². The Balaban J connectivity index is 1.19. The summed E-state index contributed by atoms with van der Waals surface area (Å²) in [6.45, 7) is 0. The lowest BCUT2D eigenvalue weighted by atomic mass is 9.72. The van der Waals surface area contributed by atoms with Gasteiger partial charge in [0.25, 0.3) is 0 Å². The second-order valence-electron chi connectivity index (χ2n) is 13.2. The number of fused-ring (bicyclic) bond motifs is 10. The molecule has 1 aliphatic heterocycles. The molecule has 3 unspecified atom stereocenters. The zero-order valence-corrected chi connectivity index (χ0v) is 22.9. The molecule has 0 radical (unpaired) electrons. The molecule has 3 heteroatoms. The zero-order chi connectivity index (χ0) is 25.5. The van der Waals surface area contributed by atoms with Crippen LogP contribution in [0.4, 0.5) is 0 Å². The first kappa shape index (κ1) is 23.0. The fraction of sp³-hybridized carbons (Fsp3) is 0.500. The largest absolute Gasteiger partial charge is 0.455 e. The van der Waals surface area contributed by atoms with Gasteiger partial charge in [-0.25, -0.2) is 0 Å². The van der Waals surface area contributed by atoms with Crippen molar-refractivity contribution in [2.75, 3.05) is 0 Å². The highest BCUT2D eigenvalue weighted by molar-refractivity contribution is 6.23. The van der Waals surface area contributed by atoms with Crippen LogP contribution in [0.2, 0.25) is 0 Å². The van der Waals surface area contributed by atoms with Gasteiger partial charge in [0.1, 0.15) is 11.2 Å². The van der Waals surface area contributed by atoms with Crippen molar-refractivity contribution in [3.05, 3.63) is 60.2 Å². The van der Waals surface area contributed by atoms with Gasteiger partial charge >= 0.3 is 0 Å². The first-order valence-corrected chi connectivity index (χ1v) is 15.9. The highest BCUT2D eigenvalue weighted by Crippen LogP contribution is 2.51. The molecule has 5 aromatic rings.